The molecule has 0 N–H and O–H groups in total. The molecular weight excluding hydrogens is 221 g/mol. The summed E-state index contributed by atoms with van der Waals surface area (Å²) in [7, 11) is 0. The number of pyridine rings is 1. The van der Waals surface area contributed by atoms with Crippen LogP contribution in [0.15, 0.2) is 12.1 Å². The Balaban J connectivity index is 2.32. The molecule has 1 aliphatic heterocycles. The number of nitrogens with zero attached hydrogens (tertiary/aromatic N) is 2. The molecule has 1 aromatic heterocycles. The van der Waals surface area contributed by atoms with Crippen molar-refractivity contribution in [3.8, 4) is 0 Å². The third-order valence-electron chi connectivity index (χ3n) is 2.35. The van der Waals surface area contributed by atoms with Gasteiger partial charge in [-0.3, -0.25) is 0 Å². The molecule has 1 aliphatic rings. The van der Waals surface area contributed by atoms with Gasteiger partial charge >= 0.3 is 6.18 Å². The van der Waals surface area contributed by atoms with Crippen LogP contribution in [-0.2, 0) is 10.9 Å². The minimum atomic E-state index is -4.38. The topological polar surface area (TPSA) is 25.4 Å². The van der Waals surface area contributed by atoms with E-state index in [-0.39, 0.29) is 5.82 Å². The number of hydrogen-bond acceptors (Lipinski definition) is 3. The van der Waals surface area contributed by atoms with Crippen molar-refractivity contribution in [3.63, 3.8) is 0 Å². The second-order valence-corrected chi connectivity index (χ2v) is 3.41. The van der Waals surface area contributed by atoms with E-state index in [0.29, 0.717) is 26.3 Å². The van der Waals surface area contributed by atoms with E-state index in [0.717, 1.165) is 6.07 Å². The molecule has 0 aliphatic carbocycles. The predicted molar refractivity (Wildman–Crippen MR) is 51.1 cm³/mol. The van der Waals surface area contributed by atoms with E-state index in [2.05, 4.69) is 11.2 Å². The first-order valence-electron chi connectivity index (χ1n) is 4.86. The third-order valence-corrected chi connectivity index (χ3v) is 2.35. The Labute approximate surface area is 90.8 Å². The molecule has 1 radical (unpaired) electrons. The van der Waals surface area contributed by atoms with Crippen molar-refractivity contribution in [2.24, 2.45) is 0 Å². The van der Waals surface area contributed by atoms with Crippen molar-refractivity contribution in [1.29, 1.82) is 0 Å². The molecule has 0 unspecified atom stereocenters. The maximum absolute atomic E-state index is 12.7. The molecule has 1 fully saturated rings. The molecule has 0 bridgehead atoms. The fourth-order valence-corrected chi connectivity index (χ4v) is 1.59. The molecule has 87 valence electrons. The van der Waals surface area contributed by atoms with E-state index in [9.17, 15) is 13.2 Å². The lowest BCUT2D eigenvalue weighted by atomic mass is 10.2. The van der Waals surface area contributed by atoms with Gasteiger partial charge in [-0.1, -0.05) is 0 Å². The fourth-order valence-electron chi connectivity index (χ4n) is 1.59. The van der Waals surface area contributed by atoms with Crippen molar-refractivity contribution in [2.75, 3.05) is 31.2 Å². The Bertz CT molecular complexity index is 361. The van der Waals surface area contributed by atoms with Crippen LogP contribution in [0.5, 0.6) is 0 Å². The molecule has 1 aromatic rings. The molecule has 2 rings (SSSR count). The number of hydrogen-bond donors (Lipinski definition) is 0. The van der Waals surface area contributed by atoms with Gasteiger partial charge in [0, 0.05) is 13.1 Å². The summed E-state index contributed by atoms with van der Waals surface area (Å²) >= 11 is 0. The van der Waals surface area contributed by atoms with Crippen molar-refractivity contribution in [3.05, 3.63) is 23.9 Å². The Kier molecular flexibility index (Phi) is 3.00. The quantitative estimate of drug-likeness (QED) is 0.736. The summed E-state index contributed by atoms with van der Waals surface area (Å²) in [5.41, 5.74) is -0.715. The van der Waals surface area contributed by atoms with Crippen LogP contribution in [0.1, 0.15) is 5.56 Å². The molecular formula is C10H10F3N2O. The predicted octanol–water partition coefficient (Wildman–Crippen LogP) is 1.74. The summed E-state index contributed by atoms with van der Waals surface area (Å²) in [5.74, 6) is -0.0571. The zero-order valence-corrected chi connectivity index (χ0v) is 8.42. The number of halogens is 3. The van der Waals surface area contributed by atoms with Gasteiger partial charge in [0.15, 0.2) is 0 Å². The lowest BCUT2D eigenvalue weighted by Gasteiger charge is -2.29. The van der Waals surface area contributed by atoms with Crippen molar-refractivity contribution in [1.82, 2.24) is 4.98 Å². The van der Waals surface area contributed by atoms with E-state index >= 15 is 0 Å². The van der Waals surface area contributed by atoms with Gasteiger partial charge in [0.05, 0.1) is 25.0 Å². The van der Waals surface area contributed by atoms with Gasteiger partial charge in [-0.05, 0) is 12.1 Å². The smallest absolute Gasteiger partial charge is 0.378 e. The second kappa shape index (κ2) is 4.29. The summed E-state index contributed by atoms with van der Waals surface area (Å²) < 4.78 is 43.2. The summed E-state index contributed by atoms with van der Waals surface area (Å²) in [4.78, 5) is 5.27. The highest BCUT2D eigenvalue weighted by molar-refractivity contribution is 5.48. The fraction of sp³-hybridized carbons (Fsp3) is 0.500. The van der Waals surface area contributed by atoms with Crippen molar-refractivity contribution in [2.45, 2.75) is 6.18 Å². The summed E-state index contributed by atoms with van der Waals surface area (Å²) in [6.45, 7) is 1.70. The zero-order valence-electron chi connectivity index (χ0n) is 8.42. The van der Waals surface area contributed by atoms with Crippen molar-refractivity contribution < 1.29 is 17.9 Å². The Hall–Kier alpha value is -1.30. The Morgan fingerprint density at radius 3 is 2.62 bits per heavy atom. The maximum atomic E-state index is 12.7. The average molecular weight is 231 g/mol. The SMILES string of the molecule is FC(F)(F)c1cc[c]nc1N1CCOCC1. The molecule has 3 nitrogen and oxygen atoms in total. The molecule has 0 atom stereocenters. The van der Waals surface area contributed by atoms with Crippen LogP contribution in [-0.4, -0.2) is 31.3 Å². The first kappa shape index (κ1) is 11.2. The minimum absolute atomic E-state index is 0.0571. The molecule has 0 spiro atoms. The maximum Gasteiger partial charge on any atom is 0.419 e. The first-order valence-corrected chi connectivity index (χ1v) is 4.86. The summed E-state index contributed by atoms with van der Waals surface area (Å²) in [6, 6.07) is 2.17. The van der Waals surface area contributed by atoms with E-state index < -0.39 is 11.7 Å². The number of aromatic nitrogens is 1. The lowest BCUT2D eigenvalue weighted by Crippen LogP contribution is -2.38. The van der Waals surface area contributed by atoms with Gasteiger partial charge in [-0.2, -0.15) is 13.2 Å². The number of ether oxygens (including phenoxy) is 1. The highest BCUT2D eigenvalue weighted by Crippen LogP contribution is 2.35. The normalized spacial score (nSPS) is 17.6. The molecule has 0 aromatic carbocycles. The molecule has 0 saturated carbocycles. The standard InChI is InChI=1S/C10H10F3N2O/c11-10(12,13)8-2-1-3-14-9(8)15-4-6-16-7-5-15/h1-2H,4-7H2. The number of anilines is 1. The van der Waals surface area contributed by atoms with Crippen LogP contribution >= 0.6 is 0 Å². The summed E-state index contributed by atoms with van der Waals surface area (Å²) in [5, 5.41) is 0. The highest BCUT2D eigenvalue weighted by atomic mass is 19.4. The third kappa shape index (κ3) is 2.27. The molecule has 16 heavy (non-hydrogen) atoms. The van der Waals surface area contributed by atoms with Gasteiger partial charge in [-0.25, -0.2) is 4.98 Å². The van der Waals surface area contributed by atoms with E-state index in [4.69, 9.17) is 4.74 Å². The van der Waals surface area contributed by atoms with Crippen LogP contribution in [0.25, 0.3) is 0 Å². The molecule has 6 heteroatoms. The van der Waals surface area contributed by atoms with Crippen LogP contribution in [0, 0.1) is 6.20 Å². The highest BCUT2D eigenvalue weighted by Gasteiger charge is 2.35. The van der Waals surface area contributed by atoms with Gasteiger partial charge in [0.25, 0.3) is 0 Å². The Morgan fingerprint density at radius 1 is 1.31 bits per heavy atom. The van der Waals surface area contributed by atoms with E-state index in [1.807, 2.05) is 0 Å². The van der Waals surface area contributed by atoms with Crippen molar-refractivity contribution >= 4 is 5.82 Å². The number of alkyl halides is 3. The van der Waals surface area contributed by atoms with Gasteiger partial charge < -0.3 is 9.64 Å². The Morgan fingerprint density at radius 2 is 2.00 bits per heavy atom. The van der Waals surface area contributed by atoms with Crippen LogP contribution < -0.4 is 4.90 Å². The summed E-state index contributed by atoms with van der Waals surface area (Å²) in [6.07, 6.45) is -1.94. The lowest BCUT2D eigenvalue weighted by molar-refractivity contribution is -0.137. The number of morpholine rings is 1. The van der Waals surface area contributed by atoms with Crippen LogP contribution in [0.4, 0.5) is 19.0 Å². The molecule has 1 saturated heterocycles. The van der Waals surface area contributed by atoms with Gasteiger partial charge in [0.2, 0.25) is 0 Å². The first-order chi connectivity index (χ1) is 7.59. The van der Waals surface area contributed by atoms with Crippen LogP contribution in [0.2, 0.25) is 0 Å². The van der Waals surface area contributed by atoms with E-state index in [1.54, 1.807) is 4.90 Å². The monoisotopic (exact) mass is 231 g/mol. The number of rotatable bonds is 1. The zero-order chi connectivity index (χ0) is 11.6. The van der Waals surface area contributed by atoms with E-state index in [1.165, 1.54) is 6.07 Å². The molecule has 0 amide bonds. The van der Waals surface area contributed by atoms with Gasteiger partial charge in [0.1, 0.15) is 5.82 Å². The second-order valence-electron chi connectivity index (χ2n) is 3.41. The largest absolute Gasteiger partial charge is 0.419 e. The molecule has 2 heterocycles. The van der Waals surface area contributed by atoms with Gasteiger partial charge in [-0.15, -0.1) is 0 Å². The minimum Gasteiger partial charge on any atom is -0.378 e. The van der Waals surface area contributed by atoms with Crippen LogP contribution in [0.3, 0.4) is 0 Å². The average Bonchev–Trinajstić information content (AvgIpc) is 2.29.